The van der Waals surface area contributed by atoms with Crippen LogP contribution in [0, 0.1) is 0 Å². The predicted octanol–water partition coefficient (Wildman–Crippen LogP) is 3.63. The number of anilines is 1. The summed E-state index contributed by atoms with van der Waals surface area (Å²) in [6, 6.07) is 15.7. The molecule has 25 heavy (non-hydrogen) atoms. The van der Waals surface area contributed by atoms with E-state index in [0.29, 0.717) is 13.1 Å². The van der Waals surface area contributed by atoms with Gasteiger partial charge in [0.15, 0.2) is 6.61 Å². The molecule has 3 rings (SSSR count). The van der Waals surface area contributed by atoms with Crippen LogP contribution in [0.15, 0.2) is 48.5 Å². The number of rotatable bonds is 5. The van der Waals surface area contributed by atoms with Gasteiger partial charge in [0.2, 0.25) is 0 Å². The Morgan fingerprint density at radius 3 is 2.44 bits per heavy atom. The number of carbonyl (C=O) groups is 1. The lowest BCUT2D eigenvalue weighted by atomic mass is 10.2. The molecular weight excluding hydrogens is 336 g/mol. The SMILES string of the molecule is CCc1ccc(OCC(=O)N2CCN(c3cccc(Cl)c3)CC2)cc1. The summed E-state index contributed by atoms with van der Waals surface area (Å²) >= 11 is 6.05. The molecule has 0 saturated carbocycles. The molecule has 1 aliphatic heterocycles. The molecule has 0 radical (unpaired) electrons. The van der Waals surface area contributed by atoms with Crippen molar-refractivity contribution in [1.29, 1.82) is 0 Å². The van der Waals surface area contributed by atoms with Crippen LogP contribution in [-0.4, -0.2) is 43.6 Å². The first-order chi connectivity index (χ1) is 12.2. The molecule has 4 nitrogen and oxygen atoms in total. The van der Waals surface area contributed by atoms with Crippen LogP contribution in [0.4, 0.5) is 5.69 Å². The van der Waals surface area contributed by atoms with Crippen molar-refractivity contribution in [1.82, 2.24) is 4.90 Å². The van der Waals surface area contributed by atoms with Crippen LogP contribution in [0.25, 0.3) is 0 Å². The summed E-state index contributed by atoms with van der Waals surface area (Å²) in [5.74, 6) is 0.772. The molecule has 1 aliphatic rings. The fourth-order valence-corrected chi connectivity index (χ4v) is 3.13. The zero-order valence-corrected chi connectivity index (χ0v) is 15.2. The van der Waals surface area contributed by atoms with Crippen LogP contribution < -0.4 is 9.64 Å². The standard InChI is InChI=1S/C20H23ClN2O2/c1-2-16-6-8-19(9-7-16)25-15-20(24)23-12-10-22(11-13-23)18-5-3-4-17(21)14-18/h3-9,14H,2,10-13,15H2,1H3. The third kappa shape index (κ3) is 4.67. The number of hydrogen-bond donors (Lipinski definition) is 0. The molecule has 0 atom stereocenters. The second-order valence-electron chi connectivity index (χ2n) is 6.13. The zero-order chi connectivity index (χ0) is 17.6. The van der Waals surface area contributed by atoms with Gasteiger partial charge in [0.1, 0.15) is 5.75 Å². The molecule has 2 aromatic rings. The van der Waals surface area contributed by atoms with Gasteiger partial charge in [0.05, 0.1) is 0 Å². The molecule has 0 aliphatic carbocycles. The smallest absolute Gasteiger partial charge is 0.260 e. The van der Waals surface area contributed by atoms with E-state index in [1.54, 1.807) is 0 Å². The normalized spacial score (nSPS) is 14.5. The summed E-state index contributed by atoms with van der Waals surface area (Å²) in [7, 11) is 0. The number of nitrogens with zero attached hydrogens (tertiary/aromatic N) is 2. The molecule has 0 aromatic heterocycles. The summed E-state index contributed by atoms with van der Waals surface area (Å²) < 4.78 is 5.63. The highest BCUT2D eigenvalue weighted by Crippen LogP contribution is 2.21. The maximum atomic E-state index is 12.4. The zero-order valence-electron chi connectivity index (χ0n) is 14.5. The summed E-state index contributed by atoms with van der Waals surface area (Å²) in [5.41, 5.74) is 2.36. The van der Waals surface area contributed by atoms with Gasteiger partial charge in [-0.2, -0.15) is 0 Å². The third-order valence-corrected chi connectivity index (χ3v) is 4.73. The van der Waals surface area contributed by atoms with Gasteiger partial charge in [-0.3, -0.25) is 4.79 Å². The quantitative estimate of drug-likeness (QED) is 0.818. The summed E-state index contributed by atoms with van der Waals surface area (Å²) in [4.78, 5) is 16.5. The minimum absolute atomic E-state index is 0.0327. The number of ether oxygens (including phenoxy) is 1. The van der Waals surface area contributed by atoms with Gasteiger partial charge >= 0.3 is 0 Å². The van der Waals surface area contributed by atoms with Gasteiger partial charge in [-0.15, -0.1) is 0 Å². The van der Waals surface area contributed by atoms with Gasteiger partial charge in [-0.1, -0.05) is 36.7 Å². The molecule has 2 aromatic carbocycles. The summed E-state index contributed by atoms with van der Waals surface area (Å²) in [5, 5.41) is 0.735. The Labute approximate surface area is 154 Å². The van der Waals surface area contributed by atoms with E-state index < -0.39 is 0 Å². The summed E-state index contributed by atoms with van der Waals surface area (Å²) in [6.07, 6.45) is 0.996. The van der Waals surface area contributed by atoms with E-state index in [9.17, 15) is 4.79 Å². The highest BCUT2D eigenvalue weighted by Gasteiger charge is 2.21. The van der Waals surface area contributed by atoms with Crippen molar-refractivity contribution in [2.45, 2.75) is 13.3 Å². The molecule has 1 amide bonds. The number of halogens is 1. The third-order valence-electron chi connectivity index (χ3n) is 4.50. The lowest BCUT2D eigenvalue weighted by Gasteiger charge is -2.36. The van der Waals surface area contributed by atoms with E-state index in [1.807, 2.05) is 53.4 Å². The topological polar surface area (TPSA) is 32.8 Å². The first-order valence-electron chi connectivity index (χ1n) is 8.65. The van der Waals surface area contributed by atoms with E-state index in [4.69, 9.17) is 16.3 Å². The number of aryl methyl sites for hydroxylation is 1. The van der Waals surface area contributed by atoms with Crippen LogP contribution in [0.1, 0.15) is 12.5 Å². The fraction of sp³-hybridized carbons (Fsp3) is 0.350. The van der Waals surface area contributed by atoms with E-state index >= 15 is 0 Å². The Kier molecular flexibility index (Phi) is 5.82. The lowest BCUT2D eigenvalue weighted by Crippen LogP contribution is -2.50. The number of hydrogen-bond acceptors (Lipinski definition) is 3. The van der Waals surface area contributed by atoms with E-state index in [0.717, 1.165) is 36.0 Å². The van der Waals surface area contributed by atoms with Gasteiger partial charge in [0, 0.05) is 36.9 Å². The van der Waals surface area contributed by atoms with Crippen molar-refractivity contribution in [2.24, 2.45) is 0 Å². The highest BCUT2D eigenvalue weighted by molar-refractivity contribution is 6.30. The van der Waals surface area contributed by atoms with E-state index in [2.05, 4.69) is 11.8 Å². The maximum absolute atomic E-state index is 12.4. The minimum Gasteiger partial charge on any atom is -0.484 e. The number of benzene rings is 2. The van der Waals surface area contributed by atoms with Crippen LogP contribution >= 0.6 is 11.6 Å². The first-order valence-corrected chi connectivity index (χ1v) is 9.03. The Morgan fingerprint density at radius 2 is 1.80 bits per heavy atom. The van der Waals surface area contributed by atoms with Crippen molar-refractivity contribution in [3.63, 3.8) is 0 Å². The fourth-order valence-electron chi connectivity index (χ4n) is 2.94. The molecule has 0 spiro atoms. The van der Waals surface area contributed by atoms with E-state index in [-0.39, 0.29) is 12.5 Å². The van der Waals surface area contributed by atoms with Crippen LogP contribution in [-0.2, 0) is 11.2 Å². The monoisotopic (exact) mass is 358 g/mol. The number of piperazine rings is 1. The average molecular weight is 359 g/mol. The second kappa shape index (κ2) is 8.26. The predicted molar refractivity (Wildman–Crippen MR) is 102 cm³/mol. The van der Waals surface area contributed by atoms with Gasteiger partial charge in [-0.25, -0.2) is 0 Å². The summed E-state index contributed by atoms with van der Waals surface area (Å²) in [6.45, 7) is 5.20. The molecular formula is C20H23ClN2O2. The highest BCUT2D eigenvalue weighted by atomic mass is 35.5. The molecule has 1 heterocycles. The van der Waals surface area contributed by atoms with Gasteiger partial charge < -0.3 is 14.5 Å². The Morgan fingerprint density at radius 1 is 1.08 bits per heavy atom. The molecule has 0 bridgehead atoms. The first kappa shape index (κ1) is 17.6. The largest absolute Gasteiger partial charge is 0.484 e. The van der Waals surface area contributed by atoms with E-state index in [1.165, 1.54) is 5.56 Å². The molecule has 1 fully saturated rings. The van der Waals surface area contributed by atoms with Crippen LogP contribution in [0.5, 0.6) is 5.75 Å². The average Bonchev–Trinajstić information content (AvgIpc) is 2.66. The van der Waals surface area contributed by atoms with Crippen molar-refractivity contribution < 1.29 is 9.53 Å². The number of amides is 1. The maximum Gasteiger partial charge on any atom is 0.260 e. The molecule has 1 saturated heterocycles. The van der Waals surface area contributed by atoms with Crippen LogP contribution in [0.3, 0.4) is 0 Å². The van der Waals surface area contributed by atoms with Crippen molar-refractivity contribution in [2.75, 3.05) is 37.7 Å². The van der Waals surface area contributed by atoms with Crippen molar-refractivity contribution >= 4 is 23.2 Å². The van der Waals surface area contributed by atoms with Gasteiger partial charge in [0.25, 0.3) is 5.91 Å². The Bertz CT molecular complexity index is 710. The molecule has 5 heteroatoms. The Balaban J connectivity index is 1.48. The van der Waals surface area contributed by atoms with Gasteiger partial charge in [-0.05, 0) is 42.3 Å². The minimum atomic E-state index is 0.0327. The van der Waals surface area contributed by atoms with Crippen molar-refractivity contribution in [3.05, 3.63) is 59.1 Å². The van der Waals surface area contributed by atoms with Crippen LogP contribution in [0.2, 0.25) is 5.02 Å². The molecule has 132 valence electrons. The van der Waals surface area contributed by atoms with Crippen molar-refractivity contribution in [3.8, 4) is 5.75 Å². The second-order valence-corrected chi connectivity index (χ2v) is 6.57. The number of carbonyl (C=O) groups excluding carboxylic acids is 1. The molecule has 0 N–H and O–H groups in total. The molecule has 0 unspecified atom stereocenters. The Hall–Kier alpha value is -2.20. The lowest BCUT2D eigenvalue weighted by molar-refractivity contribution is -0.133.